The fourth-order valence-electron chi connectivity index (χ4n) is 5.00. The van der Waals surface area contributed by atoms with E-state index < -0.39 is 23.5 Å². The first-order valence-electron chi connectivity index (χ1n) is 14.5. The second kappa shape index (κ2) is 15.3. The van der Waals surface area contributed by atoms with Gasteiger partial charge in [0.05, 0.1) is 24.2 Å². The van der Waals surface area contributed by atoms with Gasteiger partial charge in [0.15, 0.2) is 0 Å². The molecule has 216 valence electrons. The molecule has 0 heterocycles. The third-order valence-electron chi connectivity index (χ3n) is 7.51. The van der Waals surface area contributed by atoms with Crippen molar-refractivity contribution in [1.29, 1.82) is 0 Å². The van der Waals surface area contributed by atoms with Gasteiger partial charge in [-0.2, -0.15) is 13.2 Å². The van der Waals surface area contributed by atoms with Crippen LogP contribution in [0.4, 0.5) is 13.2 Å². The first kappa shape index (κ1) is 31.0. The van der Waals surface area contributed by atoms with E-state index in [2.05, 4.69) is 13.8 Å². The van der Waals surface area contributed by atoms with Crippen LogP contribution in [-0.2, 0) is 10.2 Å². The van der Waals surface area contributed by atoms with Crippen LogP contribution in [0.1, 0.15) is 100 Å². The highest BCUT2D eigenvalue weighted by molar-refractivity contribution is 5.91. The Morgan fingerprint density at radius 2 is 1.36 bits per heavy atom. The average Bonchev–Trinajstić information content (AvgIpc) is 3.67. The van der Waals surface area contributed by atoms with Crippen molar-refractivity contribution >= 4 is 5.97 Å². The average molecular weight is 549 g/mol. The molecule has 39 heavy (non-hydrogen) atoms. The normalized spacial score (nSPS) is 18.6. The van der Waals surface area contributed by atoms with Crippen molar-refractivity contribution in [1.82, 2.24) is 0 Å². The molecule has 0 N–H and O–H groups in total. The molecule has 0 radical (unpaired) electrons. The van der Waals surface area contributed by atoms with Crippen LogP contribution in [0.5, 0.6) is 11.5 Å². The second-order valence-corrected chi connectivity index (χ2v) is 10.6. The zero-order valence-electron chi connectivity index (χ0n) is 23.4. The van der Waals surface area contributed by atoms with E-state index in [9.17, 15) is 18.0 Å². The molecule has 3 rings (SSSR count). The van der Waals surface area contributed by atoms with Gasteiger partial charge in [-0.25, -0.2) is 4.79 Å². The first-order chi connectivity index (χ1) is 18.8. The predicted octanol–water partition coefficient (Wildman–Crippen LogP) is 9.06. The molecule has 0 saturated heterocycles. The molecule has 7 heteroatoms. The van der Waals surface area contributed by atoms with Crippen LogP contribution < -0.4 is 9.47 Å². The number of unbranched alkanes of at least 4 members (excludes halogenated alkanes) is 8. The number of carbonyl (C=O) groups is 1. The molecule has 1 aliphatic rings. The van der Waals surface area contributed by atoms with Crippen LogP contribution in [-0.4, -0.2) is 32.0 Å². The summed E-state index contributed by atoms with van der Waals surface area (Å²) < 4.78 is 59.0. The lowest BCUT2D eigenvalue weighted by molar-refractivity contribution is -0.166. The van der Waals surface area contributed by atoms with E-state index in [0.29, 0.717) is 24.5 Å². The molecule has 0 aliphatic heterocycles. The van der Waals surface area contributed by atoms with Gasteiger partial charge in [0.1, 0.15) is 11.5 Å². The Bertz CT molecular complexity index is 988. The molecule has 0 aromatic heterocycles. The van der Waals surface area contributed by atoms with Crippen molar-refractivity contribution in [2.45, 2.75) is 96.1 Å². The highest BCUT2D eigenvalue weighted by Gasteiger charge is 2.71. The smallest absolute Gasteiger partial charge is 0.398 e. The Labute approximate surface area is 231 Å². The third-order valence-corrected chi connectivity index (χ3v) is 7.51. The summed E-state index contributed by atoms with van der Waals surface area (Å²) >= 11 is 0. The van der Waals surface area contributed by atoms with Crippen LogP contribution in [0.2, 0.25) is 0 Å². The van der Waals surface area contributed by atoms with E-state index in [1.807, 2.05) is 0 Å². The zero-order chi connectivity index (χ0) is 28.1. The molecule has 4 nitrogen and oxygen atoms in total. The zero-order valence-corrected chi connectivity index (χ0v) is 23.4. The van der Waals surface area contributed by atoms with E-state index in [1.165, 1.54) is 49.9 Å². The summed E-state index contributed by atoms with van der Waals surface area (Å²) in [4.78, 5) is 12.6. The van der Waals surface area contributed by atoms with E-state index in [0.717, 1.165) is 38.5 Å². The van der Waals surface area contributed by atoms with Gasteiger partial charge in [-0.05, 0) is 61.2 Å². The number of hydrogen-bond acceptors (Lipinski definition) is 4. The summed E-state index contributed by atoms with van der Waals surface area (Å²) in [5, 5.41) is 0. The standard InChI is InChI=1S/C32H43F3O4/c1-3-5-7-9-10-12-22-38-28-17-13-25(14-18-28)30(36)39-29-19-15-26(16-20-29)31(32(33,34)35)23-27(31)24-37-21-11-8-6-4-2/h13-20,27H,3-12,21-24H2,1-2H3. The predicted molar refractivity (Wildman–Crippen MR) is 148 cm³/mol. The number of hydrogen-bond donors (Lipinski definition) is 0. The maximum absolute atomic E-state index is 14.1. The van der Waals surface area contributed by atoms with Crippen LogP contribution in [0.15, 0.2) is 48.5 Å². The molecule has 0 bridgehead atoms. The Hall–Kier alpha value is -2.54. The fraction of sp³-hybridized carbons (Fsp3) is 0.594. The lowest BCUT2D eigenvalue weighted by atomic mass is 9.92. The van der Waals surface area contributed by atoms with Crippen LogP contribution in [0, 0.1) is 5.92 Å². The van der Waals surface area contributed by atoms with Gasteiger partial charge in [0, 0.05) is 12.5 Å². The van der Waals surface area contributed by atoms with Gasteiger partial charge >= 0.3 is 12.1 Å². The van der Waals surface area contributed by atoms with Crippen molar-refractivity contribution in [3.63, 3.8) is 0 Å². The van der Waals surface area contributed by atoms with Gasteiger partial charge in [-0.1, -0.05) is 77.3 Å². The fourth-order valence-corrected chi connectivity index (χ4v) is 5.00. The van der Waals surface area contributed by atoms with E-state index in [1.54, 1.807) is 24.3 Å². The van der Waals surface area contributed by atoms with Gasteiger partial charge in [0.25, 0.3) is 0 Å². The Morgan fingerprint density at radius 1 is 0.795 bits per heavy atom. The van der Waals surface area contributed by atoms with Crippen molar-refractivity contribution in [3.8, 4) is 11.5 Å². The molecule has 1 aliphatic carbocycles. The summed E-state index contributed by atoms with van der Waals surface area (Å²) in [7, 11) is 0. The molecule has 2 aromatic rings. The topological polar surface area (TPSA) is 44.8 Å². The van der Waals surface area contributed by atoms with E-state index in [4.69, 9.17) is 14.2 Å². The molecule has 2 atom stereocenters. The molecule has 0 spiro atoms. The third kappa shape index (κ3) is 8.99. The lowest BCUT2D eigenvalue weighted by Crippen LogP contribution is -2.32. The largest absolute Gasteiger partial charge is 0.494 e. The van der Waals surface area contributed by atoms with Crippen LogP contribution in [0.3, 0.4) is 0 Å². The monoisotopic (exact) mass is 548 g/mol. The number of ether oxygens (including phenoxy) is 3. The summed E-state index contributed by atoms with van der Waals surface area (Å²) in [6.45, 7) is 5.53. The Balaban J connectivity index is 1.48. The maximum Gasteiger partial charge on any atom is 0.398 e. The number of carbonyl (C=O) groups excluding carboxylic acids is 1. The highest BCUT2D eigenvalue weighted by atomic mass is 19.4. The number of alkyl halides is 3. The summed E-state index contributed by atoms with van der Waals surface area (Å²) in [6, 6.07) is 12.4. The van der Waals surface area contributed by atoms with Gasteiger partial charge in [-0.3, -0.25) is 0 Å². The quantitative estimate of drug-likeness (QED) is 0.106. The molecular formula is C32H43F3O4. The number of benzene rings is 2. The molecular weight excluding hydrogens is 505 g/mol. The van der Waals surface area contributed by atoms with Gasteiger partial charge in [-0.15, -0.1) is 0 Å². The second-order valence-electron chi connectivity index (χ2n) is 10.6. The van der Waals surface area contributed by atoms with Crippen LogP contribution >= 0.6 is 0 Å². The van der Waals surface area contributed by atoms with Gasteiger partial charge < -0.3 is 14.2 Å². The minimum Gasteiger partial charge on any atom is -0.494 e. The van der Waals surface area contributed by atoms with Crippen molar-refractivity contribution in [2.24, 2.45) is 5.92 Å². The lowest BCUT2D eigenvalue weighted by Gasteiger charge is -2.22. The van der Waals surface area contributed by atoms with E-state index >= 15 is 0 Å². The summed E-state index contributed by atoms with van der Waals surface area (Å²) in [5.74, 6) is -0.282. The minimum atomic E-state index is -4.37. The van der Waals surface area contributed by atoms with Crippen LogP contribution in [0.25, 0.3) is 0 Å². The van der Waals surface area contributed by atoms with E-state index in [-0.39, 0.29) is 24.3 Å². The summed E-state index contributed by atoms with van der Waals surface area (Å²) in [5.41, 5.74) is -1.37. The summed E-state index contributed by atoms with van der Waals surface area (Å²) in [6.07, 6.45) is 6.85. The maximum atomic E-state index is 14.1. The van der Waals surface area contributed by atoms with Crippen molar-refractivity contribution in [3.05, 3.63) is 59.7 Å². The number of rotatable bonds is 18. The first-order valence-corrected chi connectivity index (χ1v) is 14.5. The molecule has 1 saturated carbocycles. The molecule has 2 aromatic carbocycles. The Morgan fingerprint density at radius 3 is 2.00 bits per heavy atom. The molecule has 2 unspecified atom stereocenters. The van der Waals surface area contributed by atoms with Crippen molar-refractivity contribution < 1.29 is 32.2 Å². The molecule has 0 amide bonds. The number of esters is 1. The number of halogens is 3. The van der Waals surface area contributed by atoms with Gasteiger partial charge in [0.2, 0.25) is 0 Å². The highest BCUT2D eigenvalue weighted by Crippen LogP contribution is 2.63. The SMILES string of the molecule is CCCCCCCCOc1ccc(C(=O)Oc2ccc(C3(C(F)(F)F)CC3COCCCCCC)cc2)cc1. The molecule has 1 fully saturated rings. The Kier molecular flexibility index (Phi) is 12.2. The van der Waals surface area contributed by atoms with Crippen molar-refractivity contribution in [2.75, 3.05) is 19.8 Å². The minimum absolute atomic E-state index is 0.0118.